The molecule has 7 nitrogen and oxygen atoms in total. The normalized spacial score (nSPS) is 18.5. The second-order valence-electron chi connectivity index (χ2n) is 11.3. The molecule has 2 aromatic carbocycles. The number of carbonyl (C=O) groups is 2. The molecule has 10 heteroatoms. The number of benzene rings is 2. The van der Waals surface area contributed by atoms with Crippen molar-refractivity contribution in [3.05, 3.63) is 64.8 Å². The Bertz CT molecular complexity index is 1390. The van der Waals surface area contributed by atoms with E-state index < -0.39 is 42.4 Å². The zero-order valence-corrected chi connectivity index (χ0v) is 23.6. The molecule has 0 aliphatic carbocycles. The van der Waals surface area contributed by atoms with Gasteiger partial charge in [0.2, 0.25) is 0 Å². The highest BCUT2D eigenvalue weighted by Crippen LogP contribution is 2.38. The maximum Gasteiger partial charge on any atom is 0.419 e. The Morgan fingerprint density at radius 3 is 2.30 bits per heavy atom. The third kappa shape index (κ3) is 6.60. The van der Waals surface area contributed by atoms with Crippen molar-refractivity contribution in [2.24, 2.45) is 0 Å². The molecule has 4 rings (SSSR count). The van der Waals surface area contributed by atoms with Gasteiger partial charge in [-0.3, -0.25) is 9.47 Å². The van der Waals surface area contributed by atoms with Gasteiger partial charge in [-0.15, -0.1) is 0 Å². The monoisotopic (exact) mass is 560 g/mol. The highest BCUT2D eigenvalue weighted by molar-refractivity contribution is 5.96. The van der Waals surface area contributed by atoms with Crippen LogP contribution < -0.4 is 4.74 Å². The molecule has 3 aromatic rings. The molecular weight excluding hydrogens is 525 g/mol. The molecule has 2 heterocycles. The molecule has 2 unspecified atom stereocenters. The van der Waals surface area contributed by atoms with E-state index in [1.165, 1.54) is 16.6 Å². The predicted octanol–water partition coefficient (Wildman–Crippen LogP) is 6.63. The summed E-state index contributed by atoms with van der Waals surface area (Å²) in [7, 11) is 1.29. The first-order chi connectivity index (χ1) is 18.7. The highest BCUT2D eigenvalue weighted by atomic mass is 19.4. The summed E-state index contributed by atoms with van der Waals surface area (Å²) < 4.78 is 58.2. The van der Waals surface area contributed by atoms with Crippen molar-refractivity contribution in [2.45, 2.75) is 64.8 Å². The lowest BCUT2D eigenvalue weighted by Gasteiger charge is -2.39. The number of aryl methyl sites for hydroxylation is 2. The number of fused-ring (bicyclic) bond motifs is 1. The van der Waals surface area contributed by atoms with Crippen LogP contribution in [0, 0.1) is 13.8 Å². The van der Waals surface area contributed by atoms with E-state index in [2.05, 4.69) is 0 Å². The van der Waals surface area contributed by atoms with Crippen molar-refractivity contribution < 1.29 is 37.0 Å². The fourth-order valence-corrected chi connectivity index (χ4v) is 5.30. The van der Waals surface area contributed by atoms with Crippen LogP contribution in [-0.2, 0) is 9.47 Å². The minimum absolute atomic E-state index is 0.134. The number of carbonyl (C=O) groups excluding carboxylic acids is 2. The Kier molecular flexibility index (Phi) is 8.21. The number of ether oxygens (including phenoxy) is 3. The van der Waals surface area contributed by atoms with E-state index in [-0.39, 0.29) is 13.1 Å². The molecule has 1 aromatic heterocycles. The number of methoxy groups -OCH3 is 1. The molecule has 1 aliphatic heterocycles. The molecule has 0 bridgehead atoms. The van der Waals surface area contributed by atoms with E-state index in [0.717, 1.165) is 22.1 Å². The van der Waals surface area contributed by atoms with E-state index in [1.54, 1.807) is 57.3 Å². The molecule has 2 atom stereocenters. The highest BCUT2D eigenvalue weighted by Gasteiger charge is 2.38. The number of hydrogen-bond donors (Lipinski definition) is 0. The van der Waals surface area contributed by atoms with E-state index in [9.17, 15) is 22.8 Å². The lowest BCUT2D eigenvalue weighted by molar-refractivity contribution is -0.150. The molecule has 40 heavy (non-hydrogen) atoms. The van der Waals surface area contributed by atoms with Crippen LogP contribution in [0.5, 0.6) is 5.75 Å². The number of aromatic nitrogens is 1. The molecule has 1 saturated heterocycles. The molecule has 1 aliphatic rings. The number of likely N-dealkylation sites (tertiary alicyclic amines) is 1. The fraction of sp³-hybridized carbons (Fsp3) is 0.467. The van der Waals surface area contributed by atoms with Crippen molar-refractivity contribution in [3.63, 3.8) is 0 Å². The van der Waals surface area contributed by atoms with Crippen molar-refractivity contribution in [3.8, 4) is 5.75 Å². The zero-order chi connectivity index (χ0) is 29.4. The molecule has 1 fully saturated rings. The van der Waals surface area contributed by atoms with Crippen molar-refractivity contribution in [1.29, 1.82) is 0 Å². The van der Waals surface area contributed by atoms with Crippen LogP contribution in [0.25, 0.3) is 10.9 Å². The molecule has 0 spiro atoms. The summed E-state index contributed by atoms with van der Waals surface area (Å²) in [6, 6.07) is 10.4. The Morgan fingerprint density at radius 1 is 1.02 bits per heavy atom. The number of piperidine rings is 1. The van der Waals surface area contributed by atoms with Crippen molar-refractivity contribution >= 4 is 23.0 Å². The first-order valence-electron chi connectivity index (χ1n) is 13.2. The van der Waals surface area contributed by atoms with Crippen molar-refractivity contribution in [1.82, 2.24) is 9.47 Å². The molecule has 0 saturated carbocycles. The lowest BCUT2D eigenvalue weighted by Crippen LogP contribution is -2.47. The second kappa shape index (κ2) is 11.2. The van der Waals surface area contributed by atoms with Crippen LogP contribution in [0.3, 0.4) is 0 Å². The lowest BCUT2D eigenvalue weighted by atomic mass is 9.87. The topological polar surface area (TPSA) is 70.0 Å². The molecule has 0 amide bonds. The van der Waals surface area contributed by atoms with Crippen LogP contribution in [0.15, 0.2) is 42.6 Å². The summed E-state index contributed by atoms with van der Waals surface area (Å²) in [5, 5.41) is 0.723. The van der Waals surface area contributed by atoms with Crippen LogP contribution in [0.2, 0.25) is 0 Å². The minimum atomic E-state index is -4.32. The van der Waals surface area contributed by atoms with E-state index >= 15 is 0 Å². The van der Waals surface area contributed by atoms with E-state index in [1.807, 2.05) is 19.9 Å². The molecule has 216 valence electrons. The minimum Gasteiger partial charge on any atom is -0.489 e. The Hall–Kier alpha value is -3.53. The van der Waals surface area contributed by atoms with Crippen molar-refractivity contribution in [2.75, 3.05) is 26.7 Å². The van der Waals surface area contributed by atoms with Gasteiger partial charge in [0.25, 0.3) is 0 Å². The molecule has 0 radical (unpaired) electrons. The average Bonchev–Trinajstić information content (AvgIpc) is 3.31. The number of nitrogens with zero attached hydrogens (tertiary/aromatic N) is 2. The van der Waals surface area contributed by atoms with E-state index in [4.69, 9.17) is 14.2 Å². The average molecular weight is 561 g/mol. The predicted molar refractivity (Wildman–Crippen MR) is 145 cm³/mol. The van der Waals surface area contributed by atoms with Gasteiger partial charge in [0.1, 0.15) is 17.5 Å². The second-order valence-corrected chi connectivity index (χ2v) is 11.3. The Balaban J connectivity index is 1.70. The third-order valence-electron chi connectivity index (χ3n) is 6.95. The van der Waals surface area contributed by atoms with Gasteiger partial charge < -0.3 is 14.2 Å². The number of esters is 1. The maximum atomic E-state index is 13.3. The molecular formula is C30H35F3N2O5. The Morgan fingerprint density at radius 2 is 1.70 bits per heavy atom. The summed E-state index contributed by atoms with van der Waals surface area (Å²) >= 11 is 0. The van der Waals surface area contributed by atoms with Gasteiger partial charge in [0.05, 0.1) is 24.7 Å². The fourth-order valence-electron chi connectivity index (χ4n) is 5.30. The summed E-state index contributed by atoms with van der Waals surface area (Å²) in [5.41, 5.74) is 2.81. The van der Waals surface area contributed by atoms with Crippen LogP contribution in [0.4, 0.5) is 18.0 Å². The summed E-state index contributed by atoms with van der Waals surface area (Å²) in [5.74, 6) is -0.311. The van der Waals surface area contributed by atoms with Gasteiger partial charge in [-0.1, -0.05) is 18.2 Å². The third-order valence-corrected chi connectivity index (χ3v) is 6.95. The number of rotatable bonds is 5. The molecule has 0 N–H and O–H groups in total. The van der Waals surface area contributed by atoms with Crippen LogP contribution >= 0.6 is 0 Å². The van der Waals surface area contributed by atoms with Gasteiger partial charge in [0, 0.05) is 30.6 Å². The summed E-state index contributed by atoms with van der Waals surface area (Å²) in [6.45, 7) is 8.54. The number of halogens is 3. The quantitative estimate of drug-likeness (QED) is 0.327. The standard InChI is InChI=1S/C30H35F3N2O5/c1-18-15-19(2)26(22-11-14-35(25(18)22)28(37)40-29(3,4)5)39-24-12-13-34(17-30(31,32)33)16-23(24)20-7-9-21(10-8-20)27(36)38-6/h7-11,14-15,23-24H,12-13,16-17H2,1-6H3. The Labute approximate surface area is 231 Å². The maximum absolute atomic E-state index is 13.3. The first-order valence-corrected chi connectivity index (χ1v) is 13.2. The van der Waals surface area contributed by atoms with Gasteiger partial charge in [0.15, 0.2) is 0 Å². The van der Waals surface area contributed by atoms with Gasteiger partial charge >= 0.3 is 18.2 Å². The van der Waals surface area contributed by atoms with Gasteiger partial charge in [-0.25, -0.2) is 9.59 Å². The van der Waals surface area contributed by atoms with Crippen LogP contribution in [-0.4, -0.2) is 66.2 Å². The van der Waals surface area contributed by atoms with E-state index in [0.29, 0.717) is 23.3 Å². The number of alkyl halides is 3. The summed E-state index contributed by atoms with van der Waals surface area (Å²) in [4.78, 5) is 26.2. The number of hydrogen-bond acceptors (Lipinski definition) is 6. The van der Waals surface area contributed by atoms with Gasteiger partial charge in [-0.2, -0.15) is 13.2 Å². The summed E-state index contributed by atoms with van der Waals surface area (Å²) in [6.07, 6.45) is -3.27. The largest absolute Gasteiger partial charge is 0.489 e. The SMILES string of the molecule is COC(=O)c1ccc(C2CN(CC(F)(F)F)CCC2Oc2c(C)cc(C)c3c2ccn3C(=O)OC(C)(C)C)cc1. The smallest absolute Gasteiger partial charge is 0.419 e. The first kappa shape index (κ1) is 29.5. The van der Waals surface area contributed by atoms with Crippen LogP contribution in [0.1, 0.15) is 60.2 Å². The van der Waals surface area contributed by atoms with Gasteiger partial charge in [-0.05, 0) is 75.9 Å². The zero-order valence-electron chi connectivity index (χ0n) is 23.6.